The molecule has 94 valence electrons. The van der Waals surface area contributed by atoms with Crippen LogP contribution in [0.4, 0.5) is 18.0 Å². The largest absolute Gasteiger partial charge is 0.443 e. The molecule has 0 aliphatic rings. The third kappa shape index (κ3) is 4.53. The summed E-state index contributed by atoms with van der Waals surface area (Å²) in [5.41, 5.74) is 4.91. The Morgan fingerprint density at radius 2 is 2.06 bits per heavy atom. The Bertz CT molecular complexity index is 374. The standard InChI is InChI=1S/C8H8F3N3O3/c9-6(10)7(11)17-5-2-1-4(13-14-5)3-16-8(12)15/h1-2,6-7H,3H2,(H2,12,15). The molecule has 2 N–H and O–H groups in total. The Morgan fingerprint density at radius 3 is 2.53 bits per heavy atom. The fourth-order valence-corrected chi connectivity index (χ4v) is 0.799. The second kappa shape index (κ2) is 5.87. The lowest BCUT2D eigenvalue weighted by Gasteiger charge is -2.08. The molecule has 0 spiro atoms. The van der Waals surface area contributed by atoms with E-state index in [1.54, 1.807) is 0 Å². The summed E-state index contributed by atoms with van der Waals surface area (Å²) < 4.78 is 44.5. The van der Waals surface area contributed by atoms with Crippen molar-refractivity contribution in [3.05, 3.63) is 17.8 Å². The van der Waals surface area contributed by atoms with E-state index in [9.17, 15) is 18.0 Å². The summed E-state index contributed by atoms with van der Waals surface area (Å²) in [5.74, 6) is -0.402. The van der Waals surface area contributed by atoms with E-state index in [2.05, 4.69) is 19.7 Å². The number of amides is 1. The number of hydrogen-bond acceptors (Lipinski definition) is 5. The maximum atomic E-state index is 12.4. The van der Waals surface area contributed by atoms with Crippen molar-refractivity contribution in [2.75, 3.05) is 0 Å². The summed E-state index contributed by atoms with van der Waals surface area (Å²) in [7, 11) is 0. The summed E-state index contributed by atoms with van der Waals surface area (Å²) in [6.07, 6.45) is -7.03. The van der Waals surface area contributed by atoms with Crippen LogP contribution in [0.3, 0.4) is 0 Å². The van der Waals surface area contributed by atoms with Gasteiger partial charge in [0.05, 0.1) is 0 Å². The van der Waals surface area contributed by atoms with Crippen LogP contribution in [0.25, 0.3) is 0 Å². The van der Waals surface area contributed by atoms with Crippen LogP contribution >= 0.6 is 0 Å². The molecule has 1 heterocycles. The van der Waals surface area contributed by atoms with E-state index in [1.807, 2.05) is 0 Å². The molecule has 1 rings (SSSR count). The average molecular weight is 251 g/mol. The molecule has 6 nitrogen and oxygen atoms in total. The molecule has 0 bridgehead atoms. The molecule has 0 aliphatic heterocycles. The zero-order valence-electron chi connectivity index (χ0n) is 8.35. The average Bonchev–Trinajstić information content (AvgIpc) is 2.28. The van der Waals surface area contributed by atoms with E-state index in [1.165, 1.54) is 6.07 Å². The van der Waals surface area contributed by atoms with Crippen LogP contribution < -0.4 is 10.5 Å². The highest BCUT2D eigenvalue weighted by Gasteiger charge is 2.21. The molecule has 0 saturated carbocycles. The molecule has 0 aromatic carbocycles. The number of nitrogens with two attached hydrogens (primary N) is 1. The predicted octanol–water partition coefficient (Wildman–Crippen LogP) is 1.01. The minimum atomic E-state index is -3.27. The number of carbonyl (C=O) groups excluding carboxylic acids is 1. The zero-order chi connectivity index (χ0) is 12.8. The Kier molecular flexibility index (Phi) is 4.49. The molecular formula is C8H8F3N3O3. The van der Waals surface area contributed by atoms with Gasteiger partial charge >= 0.3 is 12.5 Å². The van der Waals surface area contributed by atoms with Crippen LogP contribution in [0.2, 0.25) is 0 Å². The Balaban J connectivity index is 2.53. The smallest absolute Gasteiger partial charge is 0.404 e. The summed E-state index contributed by atoms with van der Waals surface area (Å²) >= 11 is 0. The second-order valence-electron chi connectivity index (χ2n) is 2.77. The lowest BCUT2D eigenvalue weighted by molar-refractivity contribution is -0.0694. The van der Waals surface area contributed by atoms with Crippen molar-refractivity contribution in [1.82, 2.24) is 10.2 Å². The normalized spacial score (nSPS) is 12.2. The highest BCUT2D eigenvalue weighted by atomic mass is 19.3. The number of halogens is 3. The van der Waals surface area contributed by atoms with Gasteiger partial charge in [0.15, 0.2) is 0 Å². The van der Waals surface area contributed by atoms with E-state index in [0.29, 0.717) is 0 Å². The first-order valence-corrected chi connectivity index (χ1v) is 4.32. The van der Waals surface area contributed by atoms with Gasteiger partial charge in [0, 0.05) is 6.07 Å². The predicted molar refractivity (Wildman–Crippen MR) is 47.9 cm³/mol. The molecule has 1 atom stereocenters. The molecule has 1 unspecified atom stereocenters. The molecule has 0 saturated heterocycles. The number of primary amides is 1. The van der Waals surface area contributed by atoms with Gasteiger partial charge in [-0.25, -0.2) is 13.6 Å². The first-order chi connectivity index (χ1) is 7.99. The van der Waals surface area contributed by atoms with Gasteiger partial charge in [0.2, 0.25) is 5.88 Å². The maximum absolute atomic E-state index is 12.4. The van der Waals surface area contributed by atoms with E-state index in [4.69, 9.17) is 5.73 Å². The van der Waals surface area contributed by atoms with Crippen LogP contribution in [-0.2, 0) is 11.3 Å². The van der Waals surface area contributed by atoms with E-state index >= 15 is 0 Å². The minimum Gasteiger partial charge on any atom is -0.443 e. The molecule has 0 fully saturated rings. The second-order valence-corrected chi connectivity index (χ2v) is 2.77. The van der Waals surface area contributed by atoms with Crippen molar-refractivity contribution in [3.63, 3.8) is 0 Å². The van der Waals surface area contributed by atoms with Crippen LogP contribution in [0.1, 0.15) is 5.69 Å². The lowest BCUT2D eigenvalue weighted by Crippen LogP contribution is -2.20. The highest BCUT2D eigenvalue weighted by Crippen LogP contribution is 2.13. The van der Waals surface area contributed by atoms with Gasteiger partial charge in [-0.15, -0.1) is 10.2 Å². The van der Waals surface area contributed by atoms with Crippen LogP contribution in [-0.4, -0.2) is 29.1 Å². The summed E-state index contributed by atoms with van der Waals surface area (Å²) in [6.45, 7) is -0.226. The van der Waals surface area contributed by atoms with Gasteiger partial charge < -0.3 is 15.2 Å². The number of hydrogen-bond donors (Lipinski definition) is 1. The highest BCUT2D eigenvalue weighted by molar-refractivity contribution is 5.64. The summed E-state index contributed by atoms with van der Waals surface area (Å²) in [4.78, 5) is 10.3. The molecule has 1 amide bonds. The van der Waals surface area contributed by atoms with Crippen molar-refractivity contribution in [2.45, 2.75) is 19.4 Å². The van der Waals surface area contributed by atoms with Gasteiger partial charge in [-0.2, -0.15) is 4.39 Å². The van der Waals surface area contributed by atoms with Crippen molar-refractivity contribution >= 4 is 6.09 Å². The zero-order valence-corrected chi connectivity index (χ0v) is 8.35. The Labute approximate surface area is 93.5 Å². The molecular weight excluding hydrogens is 243 g/mol. The number of ether oxygens (including phenoxy) is 2. The van der Waals surface area contributed by atoms with Crippen molar-refractivity contribution in [2.24, 2.45) is 5.73 Å². The first-order valence-electron chi connectivity index (χ1n) is 4.32. The molecule has 9 heteroatoms. The fourth-order valence-electron chi connectivity index (χ4n) is 0.799. The quantitative estimate of drug-likeness (QED) is 0.843. The third-order valence-corrected chi connectivity index (χ3v) is 1.49. The van der Waals surface area contributed by atoms with Crippen molar-refractivity contribution in [1.29, 1.82) is 0 Å². The SMILES string of the molecule is NC(=O)OCc1ccc(OC(F)C(F)F)nn1. The van der Waals surface area contributed by atoms with Crippen LogP contribution in [0.15, 0.2) is 12.1 Å². The van der Waals surface area contributed by atoms with E-state index in [0.717, 1.165) is 6.07 Å². The van der Waals surface area contributed by atoms with Gasteiger partial charge in [-0.05, 0) is 6.07 Å². The van der Waals surface area contributed by atoms with Gasteiger partial charge in [-0.1, -0.05) is 0 Å². The molecule has 0 aliphatic carbocycles. The topological polar surface area (TPSA) is 87.3 Å². The van der Waals surface area contributed by atoms with Gasteiger partial charge in [0.1, 0.15) is 12.3 Å². The molecule has 0 radical (unpaired) electrons. The van der Waals surface area contributed by atoms with Crippen LogP contribution in [0, 0.1) is 0 Å². The number of nitrogens with zero attached hydrogens (tertiary/aromatic N) is 2. The Hall–Kier alpha value is -2.06. The van der Waals surface area contributed by atoms with Crippen LogP contribution in [0.5, 0.6) is 5.88 Å². The lowest BCUT2D eigenvalue weighted by atomic mass is 10.4. The van der Waals surface area contributed by atoms with Gasteiger partial charge in [-0.3, -0.25) is 0 Å². The van der Waals surface area contributed by atoms with Crippen molar-refractivity contribution < 1.29 is 27.4 Å². The molecule has 1 aromatic rings. The maximum Gasteiger partial charge on any atom is 0.404 e. The van der Waals surface area contributed by atoms with Gasteiger partial charge in [0.25, 0.3) is 6.36 Å². The first kappa shape index (κ1) is 13.0. The van der Waals surface area contributed by atoms with Crippen molar-refractivity contribution in [3.8, 4) is 5.88 Å². The monoisotopic (exact) mass is 251 g/mol. The Morgan fingerprint density at radius 1 is 1.35 bits per heavy atom. The molecule has 1 aromatic heterocycles. The number of carbonyl (C=O) groups is 1. The summed E-state index contributed by atoms with van der Waals surface area (Å²) in [5, 5.41) is 6.75. The van der Waals surface area contributed by atoms with E-state index in [-0.39, 0.29) is 12.3 Å². The number of rotatable bonds is 5. The number of aromatic nitrogens is 2. The third-order valence-electron chi connectivity index (χ3n) is 1.49. The van der Waals surface area contributed by atoms with E-state index < -0.39 is 24.8 Å². The molecule has 17 heavy (non-hydrogen) atoms. The summed E-state index contributed by atoms with van der Waals surface area (Å²) in [6, 6.07) is 2.38. The fraction of sp³-hybridized carbons (Fsp3) is 0.375. The minimum absolute atomic E-state index is 0.212. The number of alkyl halides is 3.